The van der Waals surface area contributed by atoms with Crippen molar-refractivity contribution < 1.29 is 14.3 Å². The van der Waals surface area contributed by atoms with Gasteiger partial charge in [0, 0.05) is 5.75 Å². The Labute approximate surface area is 136 Å². The topological polar surface area (TPSA) is 68.4 Å². The van der Waals surface area contributed by atoms with E-state index in [4.69, 9.17) is 9.15 Å². The molecule has 0 aliphatic heterocycles. The summed E-state index contributed by atoms with van der Waals surface area (Å²) in [6, 6.07) is 13.3. The van der Waals surface area contributed by atoms with Gasteiger partial charge in [0.05, 0.1) is 11.0 Å². The van der Waals surface area contributed by atoms with Crippen molar-refractivity contribution in [3.8, 4) is 16.5 Å². The van der Waals surface area contributed by atoms with Gasteiger partial charge in [0.2, 0.25) is 0 Å². The van der Waals surface area contributed by atoms with E-state index in [0.29, 0.717) is 16.9 Å². The highest BCUT2D eigenvalue weighted by atomic mass is 32.2. The van der Waals surface area contributed by atoms with Gasteiger partial charge in [-0.25, -0.2) is 0 Å². The predicted molar refractivity (Wildman–Crippen MR) is 86.3 cm³/mol. The van der Waals surface area contributed by atoms with Crippen LogP contribution in [0, 0.1) is 0 Å². The minimum Gasteiger partial charge on any atom is -0.491 e. The van der Waals surface area contributed by atoms with Crippen molar-refractivity contribution in [2.75, 3.05) is 12.4 Å². The van der Waals surface area contributed by atoms with Crippen molar-refractivity contribution in [3.05, 3.63) is 47.8 Å². The first-order chi connectivity index (χ1) is 10.8. The number of nitrogens with zero attached hydrogens (tertiary/aromatic N) is 2. The molecule has 0 bridgehead atoms. The van der Waals surface area contributed by atoms with E-state index < -0.39 is 6.10 Å². The summed E-state index contributed by atoms with van der Waals surface area (Å²) in [5.74, 6) is 1.68. The molecule has 0 amide bonds. The zero-order chi connectivity index (χ0) is 15.2. The van der Waals surface area contributed by atoms with Crippen molar-refractivity contribution >= 4 is 23.1 Å². The maximum Gasteiger partial charge on any atom is 0.276 e. The van der Waals surface area contributed by atoms with Gasteiger partial charge < -0.3 is 14.3 Å². The smallest absolute Gasteiger partial charge is 0.276 e. The first kappa shape index (κ1) is 15.1. The molecule has 1 atom stereocenters. The van der Waals surface area contributed by atoms with E-state index in [0.717, 1.165) is 10.6 Å². The van der Waals surface area contributed by atoms with Crippen LogP contribution in [0.4, 0.5) is 0 Å². The molecule has 0 spiro atoms. The highest BCUT2D eigenvalue weighted by Gasteiger charge is 2.12. The molecule has 5 nitrogen and oxygen atoms in total. The third-order valence-corrected chi connectivity index (χ3v) is 4.54. The van der Waals surface area contributed by atoms with Gasteiger partial charge in [0.25, 0.3) is 11.1 Å². The van der Waals surface area contributed by atoms with E-state index in [1.165, 1.54) is 11.8 Å². The lowest BCUT2D eigenvalue weighted by molar-refractivity contribution is 0.126. The second-order valence-corrected chi connectivity index (χ2v) is 6.36. The number of hydrogen-bond acceptors (Lipinski definition) is 7. The van der Waals surface area contributed by atoms with Crippen LogP contribution in [0.1, 0.15) is 0 Å². The highest BCUT2D eigenvalue weighted by Crippen LogP contribution is 2.26. The molecule has 0 saturated heterocycles. The van der Waals surface area contributed by atoms with Crippen molar-refractivity contribution in [3.63, 3.8) is 0 Å². The second-order valence-electron chi connectivity index (χ2n) is 4.44. The lowest BCUT2D eigenvalue weighted by Crippen LogP contribution is -2.20. The van der Waals surface area contributed by atoms with Crippen LogP contribution in [0.15, 0.2) is 57.5 Å². The van der Waals surface area contributed by atoms with Crippen LogP contribution in [0.5, 0.6) is 5.75 Å². The Morgan fingerprint density at radius 3 is 2.82 bits per heavy atom. The van der Waals surface area contributed by atoms with Crippen molar-refractivity contribution in [1.29, 1.82) is 0 Å². The average Bonchev–Trinajstić information content (AvgIpc) is 3.22. The lowest BCUT2D eigenvalue weighted by atomic mass is 10.3. The first-order valence-corrected chi connectivity index (χ1v) is 8.54. The number of para-hydroxylation sites is 1. The minimum absolute atomic E-state index is 0.225. The lowest BCUT2D eigenvalue weighted by Gasteiger charge is -2.10. The fraction of sp³-hybridized carbons (Fsp3) is 0.200. The molecule has 0 saturated carbocycles. The second kappa shape index (κ2) is 7.44. The Morgan fingerprint density at radius 1 is 1.18 bits per heavy atom. The third-order valence-electron chi connectivity index (χ3n) is 2.72. The Balaban J connectivity index is 1.46. The molecule has 0 radical (unpaired) electrons. The van der Waals surface area contributed by atoms with E-state index in [2.05, 4.69) is 10.2 Å². The third kappa shape index (κ3) is 4.09. The number of aliphatic hydroxyl groups is 1. The van der Waals surface area contributed by atoms with E-state index in [1.54, 1.807) is 11.3 Å². The molecule has 3 aromatic rings. The van der Waals surface area contributed by atoms with Gasteiger partial charge in [0.1, 0.15) is 12.4 Å². The summed E-state index contributed by atoms with van der Waals surface area (Å²) in [5, 5.41) is 20.3. The average molecular weight is 334 g/mol. The van der Waals surface area contributed by atoms with Crippen LogP contribution in [-0.4, -0.2) is 33.8 Å². The van der Waals surface area contributed by atoms with Crippen molar-refractivity contribution in [1.82, 2.24) is 10.2 Å². The van der Waals surface area contributed by atoms with E-state index in [1.807, 2.05) is 47.8 Å². The van der Waals surface area contributed by atoms with E-state index >= 15 is 0 Å². The summed E-state index contributed by atoms with van der Waals surface area (Å²) in [7, 11) is 0. The SMILES string of the molecule is OC(COc1ccccc1)CSc1nnc(-c2cccs2)o1. The summed E-state index contributed by atoms with van der Waals surface area (Å²) >= 11 is 2.86. The van der Waals surface area contributed by atoms with E-state index in [-0.39, 0.29) is 6.61 Å². The van der Waals surface area contributed by atoms with Gasteiger partial charge in [-0.05, 0) is 23.6 Å². The van der Waals surface area contributed by atoms with Gasteiger partial charge in [-0.1, -0.05) is 36.0 Å². The van der Waals surface area contributed by atoms with Crippen LogP contribution < -0.4 is 4.74 Å². The van der Waals surface area contributed by atoms with Crippen molar-refractivity contribution in [2.24, 2.45) is 0 Å². The van der Waals surface area contributed by atoms with Gasteiger partial charge in [0.15, 0.2) is 0 Å². The summed E-state index contributed by atoms with van der Waals surface area (Å²) in [6.45, 7) is 0.225. The highest BCUT2D eigenvalue weighted by molar-refractivity contribution is 7.99. The standard InChI is InChI=1S/C15H14N2O3S2/c18-11(9-19-12-5-2-1-3-6-12)10-22-15-17-16-14(20-15)13-7-4-8-21-13/h1-8,11,18H,9-10H2. The Morgan fingerprint density at radius 2 is 2.05 bits per heavy atom. The molecule has 1 aromatic carbocycles. The molecular weight excluding hydrogens is 320 g/mol. The van der Waals surface area contributed by atoms with Gasteiger partial charge in [-0.3, -0.25) is 0 Å². The molecule has 22 heavy (non-hydrogen) atoms. The summed E-state index contributed by atoms with van der Waals surface area (Å²) in [4.78, 5) is 0.937. The summed E-state index contributed by atoms with van der Waals surface area (Å²) in [5.41, 5.74) is 0. The molecule has 7 heteroatoms. The Bertz CT molecular complexity index is 686. The Kier molecular flexibility index (Phi) is 5.10. The van der Waals surface area contributed by atoms with Gasteiger partial charge in [-0.15, -0.1) is 21.5 Å². The molecule has 3 rings (SSSR count). The zero-order valence-electron chi connectivity index (χ0n) is 11.6. The number of benzene rings is 1. The quantitative estimate of drug-likeness (QED) is 0.669. The van der Waals surface area contributed by atoms with Crippen LogP contribution in [0.25, 0.3) is 10.8 Å². The number of hydrogen-bond donors (Lipinski definition) is 1. The molecule has 2 aromatic heterocycles. The summed E-state index contributed by atoms with van der Waals surface area (Å²) < 4.78 is 11.0. The molecule has 0 fully saturated rings. The number of aromatic nitrogens is 2. The number of rotatable bonds is 7. The normalized spacial score (nSPS) is 12.2. The minimum atomic E-state index is -0.609. The largest absolute Gasteiger partial charge is 0.491 e. The molecule has 1 unspecified atom stereocenters. The number of ether oxygens (including phenoxy) is 1. The molecule has 114 valence electrons. The van der Waals surface area contributed by atoms with Crippen LogP contribution in [-0.2, 0) is 0 Å². The zero-order valence-corrected chi connectivity index (χ0v) is 13.2. The van der Waals surface area contributed by atoms with Gasteiger partial charge in [-0.2, -0.15) is 0 Å². The van der Waals surface area contributed by atoms with Crippen molar-refractivity contribution in [2.45, 2.75) is 11.3 Å². The first-order valence-electron chi connectivity index (χ1n) is 6.67. The Hall–Kier alpha value is -1.83. The number of thioether (sulfide) groups is 1. The van der Waals surface area contributed by atoms with E-state index in [9.17, 15) is 5.11 Å². The number of thiophene rings is 1. The monoisotopic (exact) mass is 334 g/mol. The summed E-state index contributed by atoms with van der Waals surface area (Å²) in [6.07, 6.45) is -0.609. The molecule has 0 aliphatic carbocycles. The predicted octanol–water partition coefficient (Wildman–Crippen LogP) is 3.33. The van der Waals surface area contributed by atoms with Crippen LogP contribution in [0.2, 0.25) is 0 Å². The van der Waals surface area contributed by atoms with Crippen LogP contribution in [0.3, 0.4) is 0 Å². The van der Waals surface area contributed by atoms with Gasteiger partial charge >= 0.3 is 0 Å². The molecule has 1 N–H and O–H groups in total. The maximum atomic E-state index is 9.93. The molecule has 2 heterocycles. The maximum absolute atomic E-state index is 9.93. The fourth-order valence-corrected chi connectivity index (χ4v) is 3.00. The molecular formula is C15H14N2O3S2. The fourth-order valence-electron chi connectivity index (χ4n) is 1.69. The number of aliphatic hydroxyl groups excluding tert-OH is 1. The molecule has 0 aliphatic rings. The van der Waals surface area contributed by atoms with Crippen LogP contribution >= 0.6 is 23.1 Å².